The van der Waals surface area contributed by atoms with Crippen molar-refractivity contribution < 1.29 is 9.32 Å². The molecule has 1 heterocycles. The standard InChI is InChI=1S/C12H19N3O2/c1-9-6-10(15-17-9)7-11(16)14-12(8-13)4-2-3-5-12/h6H,2-5,7-8,13H2,1H3,(H,14,16). The van der Waals surface area contributed by atoms with Crippen LogP contribution in [0.4, 0.5) is 0 Å². The zero-order valence-corrected chi connectivity index (χ0v) is 10.2. The van der Waals surface area contributed by atoms with E-state index in [2.05, 4.69) is 10.5 Å². The van der Waals surface area contributed by atoms with Crippen LogP contribution in [0.3, 0.4) is 0 Å². The summed E-state index contributed by atoms with van der Waals surface area (Å²) in [6.07, 6.45) is 4.50. The van der Waals surface area contributed by atoms with E-state index in [1.54, 1.807) is 6.07 Å². The smallest absolute Gasteiger partial charge is 0.226 e. The number of nitrogens with zero attached hydrogens (tertiary/aromatic N) is 1. The molecule has 0 spiro atoms. The summed E-state index contributed by atoms with van der Waals surface area (Å²) in [7, 11) is 0. The Morgan fingerprint density at radius 1 is 1.59 bits per heavy atom. The van der Waals surface area contributed by atoms with Gasteiger partial charge < -0.3 is 15.6 Å². The molecular formula is C12H19N3O2. The van der Waals surface area contributed by atoms with Gasteiger partial charge in [0.1, 0.15) is 5.76 Å². The van der Waals surface area contributed by atoms with Crippen LogP contribution in [0.25, 0.3) is 0 Å². The maximum absolute atomic E-state index is 11.9. The van der Waals surface area contributed by atoms with Gasteiger partial charge in [-0.1, -0.05) is 18.0 Å². The van der Waals surface area contributed by atoms with Crippen LogP contribution < -0.4 is 11.1 Å². The Morgan fingerprint density at radius 3 is 2.82 bits per heavy atom. The first kappa shape index (κ1) is 12.1. The van der Waals surface area contributed by atoms with Crippen molar-refractivity contribution >= 4 is 5.91 Å². The normalized spacial score (nSPS) is 18.2. The maximum atomic E-state index is 11.9. The molecule has 0 aliphatic heterocycles. The van der Waals surface area contributed by atoms with E-state index in [-0.39, 0.29) is 17.9 Å². The minimum Gasteiger partial charge on any atom is -0.361 e. The highest BCUT2D eigenvalue weighted by Gasteiger charge is 2.33. The summed E-state index contributed by atoms with van der Waals surface area (Å²) in [6, 6.07) is 1.78. The Kier molecular flexibility index (Phi) is 3.47. The molecule has 1 aliphatic carbocycles. The van der Waals surface area contributed by atoms with Crippen molar-refractivity contribution in [2.24, 2.45) is 5.73 Å². The Hall–Kier alpha value is -1.36. The molecule has 1 aromatic rings. The van der Waals surface area contributed by atoms with E-state index >= 15 is 0 Å². The summed E-state index contributed by atoms with van der Waals surface area (Å²) in [4.78, 5) is 11.9. The van der Waals surface area contributed by atoms with Crippen molar-refractivity contribution in [1.82, 2.24) is 10.5 Å². The minimum absolute atomic E-state index is 0.0225. The number of amides is 1. The zero-order valence-electron chi connectivity index (χ0n) is 10.2. The lowest BCUT2D eigenvalue weighted by Gasteiger charge is -2.28. The van der Waals surface area contributed by atoms with Crippen LogP contribution >= 0.6 is 0 Å². The highest BCUT2D eigenvalue weighted by molar-refractivity contribution is 5.79. The second-order valence-corrected chi connectivity index (χ2v) is 4.85. The van der Waals surface area contributed by atoms with Gasteiger partial charge in [0.2, 0.25) is 5.91 Å². The Morgan fingerprint density at radius 2 is 2.29 bits per heavy atom. The van der Waals surface area contributed by atoms with Gasteiger partial charge in [0.25, 0.3) is 0 Å². The number of aromatic nitrogens is 1. The molecule has 5 nitrogen and oxygen atoms in total. The third kappa shape index (κ3) is 2.85. The maximum Gasteiger partial charge on any atom is 0.226 e. The van der Waals surface area contributed by atoms with Gasteiger partial charge in [0, 0.05) is 12.6 Å². The number of aryl methyl sites for hydroxylation is 1. The Labute approximate surface area is 101 Å². The molecule has 3 N–H and O–H groups in total. The summed E-state index contributed by atoms with van der Waals surface area (Å²) >= 11 is 0. The molecule has 1 amide bonds. The number of hydrogen-bond donors (Lipinski definition) is 2. The summed E-state index contributed by atoms with van der Waals surface area (Å²) in [5, 5.41) is 6.87. The average Bonchev–Trinajstić information content (AvgIpc) is 2.89. The van der Waals surface area contributed by atoms with Crippen molar-refractivity contribution in [2.75, 3.05) is 6.54 Å². The summed E-state index contributed by atoms with van der Waals surface area (Å²) in [6.45, 7) is 2.32. The number of nitrogens with one attached hydrogen (secondary N) is 1. The van der Waals surface area contributed by atoms with Gasteiger partial charge in [-0.2, -0.15) is 0 Å². The second kappa shape index (κ2) is 4.87. The summed E-state index contributed by atoms with van der Waals surface area (Å²) < 4.78 is 4.93. The molecule has 0 radical (unpaired) electrons. The fraction of sp³-hybridized carbons (Fsp3) is 0.667. The van der Waals surface area contributed by atoms with Crippen LogP contribution in [0.1, 0.15) is 37.1 Å². The molecule has 0 bridgehead atoms. The van der Waals surface area contributed by atoms with Crippen molar-refractivity contribution in [2.45, 2.75) is 44.6 Å². The molecule has 0 atom stereocenters. The molecule has 1 aromatic heterocycles. The predicted octanol–water partition coefficient (Wildman–Crippen LogP) is 0.913. The summed E-state index contributed by atoms with van der Waals surface area (Å²) in [5.41, 5.74) is 6.25. The fourth-order valence-electron chi connectivity index (χ4n) is 2.44. The van der Waals surface area contributed by atoms with Crippen LogP contribution in [0.15, 0.2) is 10.6 Å². The van der Waals surface area contributed by atoms with E-state index in [1.807, 2.05) is 6.92 Å². The van der Waals surface area contributed by atoms with Crippen molar-refractivity contribution in [3.63, 3.8) is 0 Å². The van der Waals surface area contributed by atoms with Crippen molar-refractivity contribution in [3.05, 3.63) is 17.5 Å². The zero-order chi connectivity index (χ0) is 12.3. The van der Waals surface area contributed by atoms with Crippen molar-refractivity contribution in [3.8, 4) is 0 Å². The third-order valence-electron chi connectivity index (χ3n) is 3.37. The van der Waals surface area contributed by atoms with E-state index in [1.165, 1.54) is 0 Å². The highest BCUT2D eigenvalue weighted by atomic mass is 16.5. The Balaban J connectivity index is 1.92. The number of carbonyl (C=O) groups excluding carboxylic acids is 1. The molecule has 2 rings (SSSR count). The lowest BCUT2D eigenvalue weighted by Crippen LogP contribution is -2.52. The van der Waals surface area contributed by atoms with Crippen LogP contribution in [-0.4, -0.2) is 23.1 Å². The third-order valence-corrected chi connectivity index (χ3v) is 3.37. The van der Waals surface area contributed by atoms with Gasteiger partial charge >= 0.3 is 0 Å². The fourth-order valence-corrected chi connectivity index (χ4v) is 2.44. The van der Waals surface area contributed by atoms with Gasteiger partial charge in [-0.25, -0.2) is 0 Å². The number of nitrogens with two attached hydrogens (primary N) is 1. The number of rotatable bonds is 4. The van der Waals surface area contributed by atoms with Gasteiger partial charge in [-0.3, -0.25) is 4.79 Å². The van der Waals surface area contributed by atoms with E-state index < -0.39 is 0 Å². The van der Waals surface area contributed by atoms with Crippen LogP contribution in [0.5, 0.6) is 0 Å². The largest absolute Gasteiger partial charge is 0.361 e. The van der Waals surface area contributed by atoms with E-state index in [0.29, 0.717) is 12.2 Å². The summed E-state index contributed by atoms with van der Waals surface area (Å²) in [5.74, 6) is 0.702. The molecule has 17 heavy (non-hydrogen) atoms. The van der Waals surface area contributed by atoms with E-state index in [0.717, 1.165) is 31.4 Å². The molecule has 1 fully saturated rings. The topological polar surface area (TPSA) is 81.2 Å². The quantitative estimate of drug-likeness (QED) is 0.815. The molecule has 0 unspecified atom stereocenters. The van der Waals surface area contributed by atoms with Gasteiger partial charge in [-0.05, 0) is 19.8 Å². The highest BCUT2D eigenvalue weighted by Crippen LogP contribution is 2.28. The predicted molar refractivity (Wildman–Crippen MR) is 63.3 cm³/mol. The van der Waals surface area contributed by atoms with Crippen LogP contribution in [0.2, 0.25) is 0 Å². The number of carbonyl (C=O) groups is 1. The molecule has 94 valence electrons. The molecular weight excluding hydrogens is 218 g/mol. The molecule has 1 saturated carbocycles. The first-order valence-corrected chi connectivity index (χ1v) is 6.07. The average molecular weight is 237 g/mol. The van der Waals surface area contributed by atoms with Gasteiger partial charge in [0.05, 0.1) is 17.7 Å². The molecule has 5 heteroatoms. The van der Waals surface area contributed by atoms with Crippen molar-refractivity contribution in [1.29, 1.82) is 0 Å². The lowest BCUT2D eigenvalue weighted by molar-refractivity contribution is -0.122. The molecule has 0 saturated heterocycles. The second-order valence-electron chi connectivity index (χ2n) is 4.85. The minimum atomic E-state index is -0.185. The van der Waals surface area contributed by atoms with Crippen LogP contribution in [0, 0.1) is 6.92 Å². The number of hydrogen-bond acceptors (Lipinski definition) is 4. The molecule has 0 aromatic carbocycles. The van der Waals surface area contributed by atoms with E-state index in [4.69, 9.17) is 10.3 Å². The van der Waals surface area contributed by atoms with E-state index in [9.17, 15) is 4.79 Å². The van der Waals surface area contributed by atoms with Crippen LogP contribution in [-0.2, 0) is 11.2 Å². The monoisotopic (exact) mass is 237 g/mol. The van der Waals surface area contributed by atoms with Gasteiger partial charge in [0.15, 0.2) is 0 Å². The lowest BCUT2D eigenvalue weighted by atomic mass is 9.97. The first-order chi connectivity index (χ1) is 8.13. The molecule has 1 aliphatic rings. The van der Waals surface area contributed by atoms with Gasteiger partial charge in [-0.15, -0.1) is 0 Å². The Bertz CT molecular complexity index is 394. The SMILES string of the molecule is Cc1cc(CC(=O)NC2(CN)CCCC2)no1. The first-order valence-electron chi connectivity index (χ1n) is 6.07.